The van der Waals surface area contributed by atoms with Gasteiger partial charge in [-0.05, 0) is 74.8 Å². The number of methoxy groups -OCH3 is 1. The molecule has 1 aliphatic heterocycles. The highest BCUT2D eigenvalue weighted by molar-refractivity contribution is 7.27. The minimum absolute atomic E-state index is 0.0990. The third-order valence-electron chi connectivity index (χ3n) is 9.96. The number of carbonyl (C=O) groups is 3. The summed E-state index contributed by atoms with van der Waals surface area (Å²) >= 11 is 3.49. The number of nitrogens with zero attached hydrogens (tertiary/aromatic N) is 4. The van der Waals surface area contributed by atoms with Crippen LogP contribution in [0.1, 0.15) is 78.5 Å². The second-order valence-electron chi connectivity index (χ2n) is 15.6. The van der Waals surface area contributed by atoms with Crippen LogP contribution in [0.5, 0.6) is 0 Å². The third kappa shape index (κ3) is 8.17. The number of nitrogens with one attached hydrogen (secondary N) is 3. The molecule has 1 fully saturated rings. The molecule has 6 aromatic rings. The summed E-state index contributed by atoms with van der Waals surface area (Å²) in [5, 5.41) is 7.17. The second kappa shape index (κ2) is 16.1. The zero-order chi connectivity index (χ0) is 39.7. The number of likely N-dealkylation sites (tertiary alicyclic amines) is 1. The van der Waals surface area contributed by atoms with Crippen LogP contribution >= 0.6 is 22.7 Å². The number of carbonyl (C=O) groups excluding carboxylic acids is 3. The van der Waals surface area contributed by atoms with Gasteiger partial charge in [0.2, 0.25) is 5.91 Å². The smallest absolute Gasteiger partial charge is 0.410 e. The van der Waals surface area contributed by atoms with E-state index in [2.05, 4.69) is 67.4 Å². The van der Waals surface area contributed by atoms with Crippen molar-refractivity contribution < 1.29 is 23.9 Å². The van der Waals surface area contributed by atoms with Crippen LogP contribution in [-0.2, 0) is 20.8 Å². The first-order chi connectivity index (χ1) is 26.8. The molecule has 3 amide bonds. The SMILES string of the molecule is CCCN(Cc1ncc(-c2ccc(-c3csc4c(-c5ccc6nc(C7CCCN7C(=O)C(NC(=O)OC)C(C)C)[nH]c6c5)csc34)cc2)[nH]1)C(=O)OC(C)(C)C. The van der Waals surface area contributed by atoms with Gasteiger partial charge in [0.05, 0.1) is 52.0 Å². The first kappa shape index (κ1) is 39.0. The van der Waals surface area contributed by atoms with E-state index >= 15 is 0 Å². The summed E-state index contributed by atoms with van der Waals surface area (Å²) in [4.78, 5) is 58.4. The average Bonchev–Trinajstić information content (AvgIpc) is 4.01. The van der Waals surface area contributed by atoms with Crippen LogP contribution in [0.25, 0.3) is 53.9 Å². The normalized spacial score (nSPS) is 15.1. The first-order valence-corrected chi connectivity index (χ1v) is 20.9. The van der Waals surface area contributed by atoms with Crippen LogP contribution in [0, 0.1) is 5.92 Å². The van der Waals surface area contributed by atoms with Crippen LogP contribution in [-0.4, -0.2) is 79.7 Å². The van der Waals surface area contributed by atoms with Gasteiger partial charge in [0.1, 0.15) is 23.3 Å². The summed E-state index contributed by atoms with van der Waals surface area (Å²) in [6.07, 6.45) is 3.33. The van der Waals surface area contributed by atoms with Gasteiger partial charge in [-0.15, -0.1) is 22.7 Å². The van der Waals surface area contributed by atoms with Crippen molar-refractivity contribution in [2.24, 2.45) is 5.92 Å². The Bertz CT molecular complexity index is 2350. The zero-order valence-electron chi connectivity index (χ0n) is 32.9. The van der Waals surface area contributed by atoms with Gasteiger partial charge in [-0.2, -0.15) is 0 Å². The fraction of sp³-hybridized carbons (Fsp3) is 0.405. The highest BCUT2D eigenvalue weighted by atomic mass is 32.1. The van der Waals surface area contributed by atoms with Crippen LogP contribution in [0.3, 0.4) is 0 Å². The van der Waals surface area contributed by atoms with Crippen molar-refractivity contribution in [1.29, 1.82) is 0 Å². The number of H-pyrrole nitrogens is 2. The second-order valence-corrected chi connectivity index (χ2v) is 17.3. The number of imidazole rings is 2. The van der Waals surface area contributed by atoms with E-state index in [1.807, 2.05) is 58.7 Å². The topological polar surface area (TPSA) is 146 Å². The van der Waals surface area contributed by atoms with Gasteiger partial charge in [-0.25, -0.2) is 19.6 Å². The van der Waals surface area contributed by atoms with Crippen molar-refractivity contribution in [1.82, 2.24) is 35.1 Å². The maximum absolute atomic E-state index is 13.7. The number of aromatic amines is 2. The molecular formula is C42H49N7O5S2. The van der Waals surface area contributed by atoms with E-state index in [1.54, 1.807) is 27.6 Å². The molecule has 7 rings (SSSR count). The monoisotopic (exact) mass is 795 g/mol. The number of fused-ring (bicyclic) bond motifs is 2. The lowest BCUT2D eigenvalue weighted by Crippen LogP contribution is -2.51. The number of hydrogen-bond acceptors (Lipinski definition) is 9. The molecule has 2 aromatic carbocycles. The van der Waals surface area contributed by atoms with E-state index in [0.29, 0.717) is 25.5 Å². The van der Waals surface area contributed by atoms with Crippen molar-refractivity contribution in [2.45, 2.75) is 85.0 Å². The molecule has 5 heterocycles. The Morgan fingerprint density at radius 3 is 2.34 bits per heavy atom. The van der Waals surface area contributed by atoms with E-state index in [-0.39, 0.29) is 24.0 Å². The van der Waals surface area contributed by atoms with Gasteiger partial charge in [0.15, 0.2) is 0 Å². The van der Waals surface area contributed by atoms with E-state index in [4.69, 9.17) is 14.5 Å². The van der Waals surface area contributed by atoms with Gasteiger partial charge >= 0.3 is 12.2 Å². The van der Waals surface area contributed by atoms with Crippen molar-refractivity contribution >= 4 is 61.2 Å². The molecule has 2 atom stereocenters. The molecule has 2 unspecified atom stereocenters. The molecule has 0 saturated carbocycles. The maximum Gasteiger partial charge on any atom is 0.410 e. The van der Waals surface area contributed by atoms with Gasteiger partial charge < -0.3 is 34.6 Å². The number of thiophene rings is 2. The molecule has 1 saturated heterocycles. The number of hydrogen-bond donors (Lipinski definition) is 3. The van der Waals surface area contributed by atoms with Crippen LogP contribution in [0.4, 0.5) is 9.59 Å². The van der Waals surface area contributed by atoms with Crippen molar-refractivity contribution in [3.8, 4) is 33.5 Å². The zero-order valence-corrected chi connectivity index (χ0v) is 34.5. The number of alkyl carbamates (subject to hydrolysis) is 1. The Morgan fingerprint density at radius 1 is 1.00 bits per heavy atom. The Labute approximate surface area is 334 Å². The standard InChI is InChI=1S/C42H49N7O5S2/c1-8-17-48(41(52)54-42(4,5)6)21-34-43-20-32(44-34)26-13-11-25(12-14-26)28-22-55-37-29(23-56-36(28)37)27-15-16-30-31(19-27)46-38(45-30)33-10-9-18-49(33)39(50)35(24(2)3)47-40(51)53-7/h11-16,19-20,22-24,33,35H,8-10,17-18,21H2,1-7H3,(H,43,44)(H,45,46)(H,47,51). The lowest BCUT2D eigenvalue weighted by atomic mass is 10.0. The van der Waals surface area contributed by atoms with E-state index in [1.165, 1.54) is 27.6 Å². The Morgan fingerprint density at radius 2 is 1.68 bits per heavy atom. The lowest BCUT2D eigenvalue weighted by molar-refractivity contribution is -0.135. The Hall–Kier alpha value is -5.21. The van der Waals surface area contributed by atoms with E-state index in [0.717, 1.165) is 58.5 Å². The number of rotatable bonds is 11. The number of ether oxygens (including phenoxy) is 2. The average molecular weight is 796 g/mol. The summed E-state index contributed by atoms with van der Waals surface area (Å²) in [6.45, 7) is 13.0. The predicted molar refractivity (Wildman–Crippen MR) is 223 cm³/mol. The largest absolute Gasteiger partial charge is 0.453 e. The molecule has 56 heavy (non-hydrogen) atoms. The predicted octanol–water partition coefficient (Wildman–Crippen LogP) is 9.75. The number of amides is 3. The first-order valence-electron chi connectivity index (χ1n) is 19.1. The molecule has 12 nitrogen and oxygen atoms in total. The molecule has 14 heteroatoms. The van der Waals surface area contributed by atoms with Gasteiger partial charge in [-0.1, -0.05) is 51.1 Å². The highest BCUT2D eigenvalue weighted by Gasteiger charge is 2.37. The quantitative estimate of drug-likeness (QED) is 0.118. The molecule has 294 valence electrons. The molecular weight excluding hydrogens is 747 g/mol. The van der Waals surface area contributed by atoms with Crippen molar-refractivity contribution in [2.75, 3.05) is 20.2 Å². The van der Waals surface area contributed by atoms with Gasteiger partial charge in [-0.3, -0.25) is 4.79 Å². The Balaban J connectivity index is 1.07. The maximum atomic E-state index is 13.7. The van der Waals surface area contributed by atoms with Crippen LogP contribution in [0.15, 0.2) is 59.4 Å². The van der Waals surface area contributed by atoms with Crippen LogP contribution in [0.2, 0.25) is 0 Å². The van der Waals surface area contributed by atoms with Crippen molar-refractivity contribution in [3.05, 3.63) is 71.1 Å². The molecule has 0 spiro atoms. The van der Waals surface area contributed by atoms with Crippen molar-refractivity contribution in [3.63, 3.8) is 0 Å². The molecule has 4 aromatic heterocycles. The summed E-state index contributed by atoms with van der Waals surface area (Å²) in [6, 6.07) is 13.9. The van der Waals surface area contributed by atoms with Gasteiger partial charge in [0.25, 0.3) is 0 Å². The molecule has 0 bridgehead atoms. The summed E-state index contributed by atoms with van der Waals surface area (Å²) < 4.78 is 12.9. The molecule has 0 aliphatic carbocycles. The summed E-state index contributed by atoms with van der Waals surface area (Å²) in [5.74, 6) is 1.24. The Kier molecular flexibility index (Phi) is 11.2. The molecule has 3 N–H and O–H groups in total. The fourth-order valence-corrected chi connectivity index (χ4v) is 9.66. The summed E-state index contributed by atoms with van der Waals surface area (Å²) in [7, 11) is 1.30. The third-order valence-corrected chi connectivity index (χ3v) is 12.1. The summed E-state index contributed by atoms with van der Waals surface area (Å²) in [5.41, 5.74) is 7.72. The minimum atomic E-state index is -0.682. The van der Waals surface area contributed by atoms with Gasteiger partial charge in [0, 0.05) is 35.0 Å². The molecule has 0 radical (unpaired) electrons. The fourth-order valence-electron chi connectivity index (χ4n) is 7.20. The lowest BCUT2D eigenvalue weighted by Gasteiger charge is -2.29. The minimum Gasteiger partial charge on any atom is -0.453 e. The number of benzene rings is 2. The molecule has 1 aliphatic rings. The van der Waals surface area contributed by atoms with Crippen LogP contribution < -0.4 is 5.32 Å². The van der Waals surface area contributed by atoms with E-state index in [9.17, 15) is 14.4 Å². The number of aromatic nitrogens is 4. The highest BCUT2D eigenvalue weighted by Crippen LogP contribution is 2.45. The van der Waals surface area contributed by atoms with E-state index < -0.39 is 17.7 Å².